The van der Waals surface area contributed by atoms with Gasteiger partial charge in [0.15, 0.2) is 5.78 Å². The molecular weight excluding hydrogens is 405 g/mol. The van der Waals surface area contributed by atoms with E-state index < -0.39 is 0 Å². The average Bonchev–Trinajstić information content (AvgIpc) is 3.29. The predicted molar refractivity (Wildman–Crippen MR) is 123 cm³/mol. The molecule has 0 aliphatic carbocycles. The van der Waals surface area contributed by atoms with Crippen LogP contribution in [0.25, 0.3) is 10.9 Å². The largest absolute Gasteiger partial charge is 0.350 e. The second-order valence-corrected chi connectivity index (χ2v) is 7.84. The van der Waals surface area contributed by atoms with Crippen molar-refractivity contribution in [2.75, 3.05) is 5.32 Å². The maximum atomic E-state index is 13.0. The van der Waals surface area contributed by atoms with Crippen molar-refractivity contribution >= 4 is 28.3 Å². The van der Waals surface area contributed by atoms with E-state index in [1.165, 1.54) is 24.3 Å². The number of rotatable bonds is 8. The zero-order chi connectivity index (χ0) is 22.5. The van der Waals surface area contributed by atoms with Gasteiger partial charge in [-0.25, -0.2) is 4.39 Å². The number of ketones is 1. The van der Waals surface area contributed by atoms with Gasteiger partial charge in [-0.15, -0.1) is 0 Å². The van der Waals surface area contributed by atoms with Crippen LogP contribution < -0.4 is 5.32 Å². The first-order chi connectivity index (χ1) is 15.5. The van der Waals surface area contributed by atoms with Crippen molar-refractivity contribution in [2.24, 2.45) is 0 Å². The predicted octanol–water partition coefficient (Wildman–Crippen LogP) is 5.52. The molecule has 5 nitrogen and oxygen atoms in total. The van der Waals surface area contributed by atoms with E-state index in [-0.39, 0.29) is 30.3 Å². The van der Waals surface area contributed by atoms with Crippen LogP contribution in [0.4, 0.5) is 10.1 Å². The summed E-state index contributed by atoms with van der Waals surface area (Å²) < 4.78 is 15.1. The average molecular weight is 429 g/mol. The molecule has 0 bridgehead atoms. The number of halogens is 1. The van der Waals surface area contributed by atoms with Crippen molar-refractivity contribution in [1.29, 1.82) is 0 Å². The molecule has 0 aliphatic rings. The molecule has 32 heavy (non-hydrogen) atoms. The van der Waals surface area contributed by atoms with Crippen LogP contribution in [-0.2, 0) is 11.3 Å². The van der Waals surface area contributed by atoms with Gasteiger partial charge in [0.05, 0.1) is 5.52 Å². The highest BCUT2D eigenvalue weighted by atomic mass is 19.1. The third kappa shape index (κ3) is 5.09. The van der Waals surface area contributed by atoms with E-state index >= 15 is 0 Å². The first-order valence-electron chi connectivity index (χ1n) is 10.6. The van der Waals surface area contributed by atoms with Crippen molar-refractivity contribution in [1.82, 2.24) is 9.55 Å². The van der Waals surface area contributed by atoms with Crippen LogP contribution in [0.5, 0.6) is 0 Å². The zero-order valence-corrected chi connectivity index (χ0v) is 17.8. The summed E-state index contributed by atoms with van der Waals surface area (Å²) in [5.74, 6) is -0.624. The molecule has 4 rings (SSSR count). The second kappa shape index (κ2) is 9.56. The minimum Gasteiger partial charge on any atom is -0.350 e. The number of fused-ring (bicyclic) bond motifs is 1. The molecule has 0 atom stereocenters. The summed E-state index contributed by atoms with van der Waals surface area (Å²) in [5.41, 5.74) is 4.05. The zero-order valence-electron chi connectivity index (χ0n) is 17.8. The Morgan fingerprint density at radius 2 is 1.78 bits per heavy atom. The molecule has 0 saturated heterocycles. The van der Waals surface area contributed by atoms with Gasteiger partial charge in [0.1, 0.15) is 5.82 Å². The molecule has 2 aromatic heterocycles. The van der Waals surface area contributed by atoms with Gasteiger partial charge in [0.25, 0.3) is 0 Å². The molecule has 0 fully saturated rings. The Morgan fingerprint density at radius 3 is 2.53 bits per heavy atom. The molecule has 0 spiro atoms. The monoisotopic (exact) mass is 429 g/mol. The van der Waals surface area contributed by atoms with E-state index in [1.54, 1.807) is 0 Å². The third-order valence-electron chi connectivity index (χ3n) is 5.44. The summed E-state index contributed by atoms with van der Waals surface area (Å²) in [4.78, 5) is 29.2. The first kappa shape index (κ1) is 21.4. The van der Waals surface area contributed by atoms with Crippen LogP contribution in [0.1, 0.15) is 40.7 Å². The number of carbonyl (C=O) groups is 2. The normalized spacial score (nSPS) is 10.9. The molecule has 6 heteroatoms. The lowest BCUT2D eigenvalue weighted by molar-refractivity contribution is -0.116. The van der Waals surface area contributed by atoms with E-state index in [2.05, 4.69) is 20.9 Å². The number of benzene rings is 2. The summed E-state index contributed by atoms with van der Waals surface area (Å²) in [7, 11) is 0. The number of aromatic nitrogens is 2. The van der Waals surface area contributed by atoms with Gasteiger partial charge in [0.2, 0.25) is 5.91 Å². The highest BCUT2D eigenvalue weighted by molar-refractivity contribution is 5.98. The lowest BCUT2D eigenvalue weighted by Crippen LogP contribution is -2.13. The molecule has 1 amide bonds. The highest BCUT2D eigenvalue weighted by Gasteiger charge is 2.11. The van der Waals surface area contributed by atoms with Gasteiger partial charge in [-0.3, -0.25) is 14.6 Å². The van der Waals surface area contributed by atoms with Crippen molar-refractivity contribution in [3.8, 4) is 0 Å². The van der Waals surface area contributed by atoms with Crippen LogP contribution in [-0.4, -0.2) is 21.2 Å². The number of Topliss-reactive ketones (excluding diaryl/α,β-unsaturated/α-hetero) is 1. The molecule has 162 valence electrons. The van der Waals surface area contributed by atoms with Crippen molar-refractivity contribution in [3.63, 3.8) is 0 Å². The minimum atomic E-state index is -0.377. The lowest BCUT2D eigenvalue weighted by Gasteiger charge is -2.12. The summed E-state index contributed by atoms with van der Waals surface area (Å²) in [6.45, 7) is 2.69. The number of nitrogens with zero attached hydrogens (tertiary/aromatic N) is 2. The van der Waals surface area contributed by atoms with E-state index in [0.717, 1.165) is 34.3 Å². The van der Waals surface area contributed by atoms with Crippen molar-refractivity contribution in [3.05, 3.63) is 95.7 Å². The fourth-order valence-electron chi connectivity index (χ4n) is 3.70. The fourth-order valence-corrected chi connectivity index (χ4v) is 3.70. The third-order valence-corrected chi connectivity index (χ3v) is 5.44. The number of nitrogens with one attached hydrogen (secondary N) is 1. The van der Waals surface area contributed by atoms with Crippen molar-refractivity contribution in [2.45, 2.75) is 32.7 Å². The van der Waals surface area contributed by atoms with Crippen molar-refractivity contribution < 1.29 is 14.0 Å². The van der Waals surface area contributed by atoms with Crippen LogP contribution >= 0.6 is 0 Å². The summed E-state index contributed by atoms with van der Waals surface area (Å²) >= 11 is 0. The Hall–Kier alpha value is -3.80. The van der Waals surface area contributed by atoms with E-state index in [0.29, 0.717) is 12.0 Å². The SMILES string of the molecule is Cc1c(NC(=O)CCCC(=O)c2ccc(F)cc2)ccc2cc(Cn3cccc3)cnc12. The second-order valence-electron chi connectivity index (χ2n) is 7.84. The van der Waals surface area contributed by atoms with Gasteiger partial charge >= 0.3 is 0 Å². The lowest BCUT2D eigenvalue weighted by atomic mass is 10.0. The molecule has 0 aliphatic heterocycles. The number of anilines is 1. The Kier molecular flexibility index (Phi) is 6.40. The summed E-state index contributed by atoms with van der Waals surface area (Å²) in [5, 5.41) is 3.95. The quantitative estimate of drug-likeness (QED) is 0.375. The van der Waals surface area contributed by atoms with Gasteiger partial charge in [-0.1, -0.05) is 6.07 Å². The van der Waals surface area contributed by atoms with Gasteiger partial charge in [-0.05, 0) is 73.0 Å². The fraction of sp³-hybridized carbons (Fsp3) is 0.192. The number of carbonyl (C=O) groups excluding carboxylic acids is 2. The minimum absolute atomic E-state index is 0.0976. The molecule has 2 aromatic carbocycles. The van der Waals surface area contributed by atoms with E-state index in [9.17, 15) is 14.0 Å². The number of pyridine rings is 1. The molecule has 1 N–H and O–H groups in total. The van der Waals surface area contributed by atoms with Crippen LogP contribution in [0, 0.1) is 12.7 Å². The molecule has 0 saturated carbocycles. The van der Waals surface area contributed by atoms with Crippen LogP contribution in [0.15, 0.2) is 73.2 Å². The Labute approximate surface area is 185 Å². The number of amides is 1. The number of hydrogen-bond donors (Lipinski definition) is 1. The van der Waals surface area contributed by atoms with E-state index in [1.807, 2.05) is 49.8 Å². The molecular formula is C26H24FN3O2. The highest BCUT2D eigenvalue weighted by Crippen LogP contribution is 2.25. The van der Waals surface area contributed by atoms with Gasteiger partial charge < -0.3 is 9.88 Å². The van der Waals surface area contributed by atoms with Gasteiger partial charge in [-0.2, -0.15) is 0 Å². The molecule has 2 heterocycles. The summed E-state index contributed by atoms with van der Waals surface area (Å²) in [6.07, 6.45) is 6.79. The maximum absolute atomic E-state index is 13.0. The van der Waals surface area contributed by atoms with Gasteiger partial charge in [0, 0.05) is 54.6 Å². The Balaban J connectivity index is 1.35. The Bertz CT molecular complexity index is 1250. The molecule has 0 unspecified atom stereocenters. The topological polar surface area (TPSA) is 64.0 Å². The molecule has 4 aromatic rings. The maximum Gasteiger partial charge on any atom is 0.224 e. The number of aryl methyl sites for hydroxylation is 1. The number of hydrogen-bond acceptors (Lipinski definition) is 3. The molecule has 0 radical (unpaired) electrons. The Morgan fingerprint density at radius 1 is 1.03 bits per heavy atom. The smallest absolute Gasteiger partial charge is 0.224 e. The summed E-state index contributed by atoms with van der Waals surface area (Å²) in [6, 6.07) is 15.4. The van der Waals surface area contributed by atoms with Crippen LogP contribution in [0.3, 0.4) is 0 Å². The van der Waals surface area contributed by atoms with Crippen LogP contribution in [0.2, 0.25) is 0 Å². The first-order valence-corrected chi connectivity index (χ1v) is 10.6. The standard InChI is InChI=1S/C26H24FN3O2/c1-18-23(29-25(32)6-4-5-24(31)20-7-10-22(27)11-8-20)12-9-21-15-19(16-28-26(18)21)17-30-13-2-3-14-30/h2-3,7-16H,4-6,17H2,1H3,(H,29,32). The van der Waals surface area contributed by atoms with E-state index in [4.69, 9.17) is 0 Å².